The Labute approximate surface area is 145 Å². The van der Waals surface area contributed by atoms with Gasteiger partial charge in [0.15, 0.2) is 5.79 Å². The Hall–Kier alpha value is -2.51. The second kappa shape index (κ2) is 8.37. The van der Waals surface area contributed by atoms with Crippen LogP contribution in [0.2, 0.25) is 0 Å². The van der Waals surface area contributed by atoms with Gasteiger partial charge in [0.1, 0.15) is 5.82 Å². The third-order valence-corrected chi connectivity index (χ3v) is 3.33. The van der Waals surface area contributed by atoms with Crippen molar-refractivity contribution in [1.82, 2.24) is 9.97 Å². The molecule has 0 saturated carbocycles. The molecular formula is C17H27N5O2. The number of hydrazone groups is 1. The Kier molecular flexibility index (Phi) is 6.22. The van der Waals surface area contributed by atoms with Gasteiger partial charge in [-0.15, -0.1) is 0 Å². The first kappa shape index (κ1) is 17.8. The van der Waals surface area contributed by atoms with Crippen molar-refractivity contribution in [3.8, 4) is 0 Å². The third-order valence-electron chi connectivity index (χ3n) is 3.33. The SMILES string of the molecule is C=NNc1nccc(Nc2cccc(C3(C)OCCO3)c2)n1.CC.[HH].[HH]. The number of hydrogen-bond acceptors (Lipinski definition) is 7. The molecule has 0 aliphatic carbocycles. The predicted octanol–water partition coefficient (Wildman–Crippen LogP) is 3.99. The van der Waals surface area contributed by atoms with Crippen molar-refractivity contribution in [1.29, 1.82) is 0 Å². The molecule has 0 radical (unpaired) electrons. The summed E-state index contributed by atoms with van der Waals surface area (Å²) in [5.41, 5.74) is 4.44. The lowest BCUT2D eigenvalue weighted by Gasteiger charge is -2.23. The van der Waals surface area contributed by atoms with Gasteiger partial charge in [0.2, 0.25) is 5.95 Å². The van der Waals surface area contributed by atoms with E-state index in [0.29, 0.717) is 25.0 Å². The van der Waals surface area contributed by atoms with E-state index in [1.807, 2.05) is 45.0 Å². The third kappa shape index (κ3) is 4.27. The van der Waals surface area contributed by atoms with E-state index in [-0.39, 0.29) is 2.85 Å². The van der Waals surface area contributed by atoms with E-state index in [0.717, 1.165) is 11.3 Å². The number of anilines is 3. The molecule has 1 aromatic carbocycles. The van der Waals surface area contributed by atoms with Crippen LogP contribution in [0, 0.1) is 0 Å². The Morgan fingerprint density at radius 1 is 1.25 bits per heavy atom. The van der Waals surface area contributed by atoms with Gasteiger partial charge < -0.3 is 14.8 Å². The standard InChI is InChI=1S/C15H17N5O2.C2H6.2H2/c1-15(21-8-9-22-15)11-4-3-5-12(10-11)18-13-6-7-17-14(19-13)20-16-2;1-2;;/h3-7,10H,2,8-9H2,1H3,(H2,17,18,19,20);1-2H3;2*1H. The summed E-state index contributed by atoms with van der Waals surface area (Å²) in [5.74, 6) is 0.338. The molecule has 2 aromatic rings. The van der Waals surface area contributed by atoms with Crippen LogP contribution in [-0.2, 0) is 15.3 Å². The molecule has 1 aliphatic heterocycles. The average molecular weight is 333 g/mol. The largest absolute Gasteiger partial charge is 0.344 e. The van der Waals surface area contributed by atoms with Crippen LogP contribution >= 0.6 is 0 Å². The lowest BCUT2D eigenvalue weighted by Crippen LogP contribution is -2.22. The normalized spacial score (nSPS) is 15.1. The number of aromatic nitrogens is 2. The summed E-state index contributed by atoms with van der Waals surface area (Å²) in [6.45, 7) is 10.5. The zero-order valence-electron chi connectivity index (χ0n) is 14.2. The highest BCUT2D eigenvalue weighted by molar-refractivity contribution is 5.58. The van der Waals surface area contributed by atoms with Crippen LogP contribution in [-0.4, -0.2) is 29.9 Å². The fourth-order valence-corrected chi connectivity index (χ4v) is 2.26. The maximum absolute atomic E-state index is 5.68. The molecule has 1 aromatic heterocycles. The quantitative estimate of drug-likeness (QED) is 0.636. The van der Waals surface area contributed by atoms with Crippen molar-refractivity contribution in [3.63, 3.8) is 0 Å². The van der Waals surface area contributed by atoms with E-state index in [1.54, 1.807) is 12.3 Å². The van der Waals surface area contributed by atoms with Crippen molar-refractivity contribution in [3.05, 3.63) is 42.1 Å². The van der Waals surface area contributed by atoms with Gasteiger partial charge in [-0.25, -0.2) is 10.4 Å². The van der Waals surface area contributed by atoms with Crippen LogP contribution < -0.4 is 10.7 Å². The second-order valence-corrected chi connectivity index (χ2v) is 4.88. The summed E-state index contributed by atoms with van der Waals surface area (Å²) >= 11 is 0. The number of hydrogen-bond donors (Lipinski definition) is 2. The first-order valence-corrected chi connectivity index (χ1v) is 7.90. The van der Waals surface area contributed by atoms with Crippen LogP contribution in [0.4, 0.5) is 17.5 Å². The summed E-state index contributed by atoms with van der Waals surface area (Å²) in [6, 6.07) is 9.62. The molecule has 0 amide bonds. The van der Waals surface area contributed by atoms with E-state index in [2.05, 4.69) is 32.5 Å². The Morgan fingerprint density at radius 3 is 2.71 bits per heavy atom. The molecule has 1 saturated heterocycles. The van der Waals surface area contributed by atoms with Gasteiger partial charge in [-0.1, -0.05) is 26.0 Å². The molecule has 0 spiro atoms. The number of nitrogens with zero attached hydrogens (tertiary/aromatic N) is 3. The maximum atomic E-state index is 5.68. The Balaban J connectivity index is 0.00000151. The highest BCUT2D eigenvalue weighted by Gasteiger charge is 2.33. The van der Waals surface area contributed by atoms with Crippen LogP contribution in [0.5, 0.6) is 0 Å². The lowest BCUT2D eigenvalue weighted by atomic mass is 10.1. The number of benzene rings is 1. The van der Waals surface area contributed by atoms with Gasteiger partial charge in [-0.3, -0.25) is 0 Å². The van der Waals surface area contributed by atoms with Gasteiger partial charge in [-0.05, 0) is 25.1 Å². The molecular weight excluding hydrogens is 306 g/mol. The summed E-state index contributed by atoms with van der Waals surface area (Å²) in [6.07, 6.45) is 1.64. The van der Waals surface area contributed by atoms with Crippen molar-refractivity contribution in [2.24, 2.45) is 5.10 Å². The number of ether oxygens (including phenoxy) is 2. The number of nitrogens with one attached hydrogen (secondary N) is 2. The maximum Gasteiger partial charge on any atom is 0.245 e. The lowest BCUT2D eigenvalue weighted by molar-refractivity contribution is -0.149. The van der Waals surface area contributed by atoms with Gasteiger partial charge in [-0.2, -0.15) is 10.1 Å². The minimum atomic E-state index is -0.692. The summed E-state index contributed by atoms with van der Waals surface area (Å²) < 4.78 is 11.4. The topological polar surface area (TPSA) is 80.7 Å². The van der Waals surface area contributed by atoms with Crippen LogP contribution in [0.25, 0.3) is 0 Å². The highest BCUT2D eigenvalue weighted by Crippen LogP contribution is 2.32. The van der Waals surface area contributed by atoms with Crippen LogP contribution in [0.15, 0.2) is 41.6 Å². The van der Waals surface area contributed by atoms with E-state index in [1.165, 1.54) is 0 Å². The summed E-state index contributed by atoms with van der Waals surface area (Å²) in [7, 11) is 0. The Bertz CT molecular complexity index is 682. The van der Waals surface area contributed by atoms with Gasteiger partial charge >= 0.3 is 0 Å². The number of rotatable bonds is 5. The van der Waals surface area contributed by atoms with Gasteiger partial charge in [0.05, 0.1) is 13.2 Å². The second-order valence-electron chi connectivity index (χ2n) is 4.88. The van der Waals surface area contributed by atoms with E-state index >= 15 is 0 Å². The first-order valence-electron chi connectivity index (χ1n) is 7.90. The van der Waals surface area contributed by atoms with Crippen molar-refractivity contribution >= 4 is 24.2 Å². The predicted molar refractivity (Wildman–Crippen MR) is 99.8 cm³/mol. The zero-order valence-corrected chi connectivity index (χ0v) is 14.2. The molecule has 2 heterocycles. The fourth-order valence-electron chi connectivity index (χ4n) is 2.26. The van der Waals surface area contributed by atoms with E-state index < -0.39 is 5.79 Å². The summed E-state index contributed by atoms with van der Waals surface area (Å²) in [4.78, 5) is 8.30. The first-order chi connectivity index (χ1) is 11.7. The molecule has 1 aliphatic rings. The minimum absolute atomic E-state index is 0. The molecule has 7 nitrogen and oxygen atoms in total. The van der Waals surface area contributed by atoms with Crippen LogP contribution in [0.3, 0.4) is 0 Å². The van der Waals surface area contributed by atoms with Crippen molar-refractivity contribution in [2.75, 3.05) is 24.0 Å². The molecule has 0 unspecified atom stereocenters. The summed E-state index contributed by atoms with van der Waals surface area (Å²) in [5, 5.41) is 6.76. The van der Waals surface area contributed by atoms with Crippen molar-refractivity contribution < 1.29 is 12.3 Å². The molecule has 132 valence electrons. The van der Waals surface area contributed by atoms with E-state index in [9.17, 15) is 0 Å². The van der Waals surface area contributed by atoms with Gasteiger partial charge in [0.25, 0.3) is 0 Å². The van der Waals surface area contributed by atoms with Gasteiger partial charge in [0, 0.05) is 27.0 Å². The zero-order chi connectivity index (χ0) is 17.4. The van der Waals surface area contributed by atoms with Crippen LogP contribution in [0.1, 0.15) is 29.2 Å². The monoisotopic (exact) mass is 333 g/mol. The molecule has 0 atom stereocenters. The molecule has 24 heavy (non-hydrogen) atoms. The molecule has 0 bridgehead atoms. The van der Waals surface area contributed by atoms with Crippen molar-refractivity contribution in [2.45, 2.75) is 26.6 Å². The smallest absolute Gasteiger partial charge is 0.245 e. The minimum Gasteiger partial charge on any atom is -0.344 e. The highest BCUT2D eigenvalue weighted by atomic mass is 16.7. The Morgan fingerprint density at radius 2 is 2.00 bits per heavy atom. The molecule has 3 rings (SSSR count). The average Bonchev–Trinajstić information content (AvgIpc) is 3.06. The molecule has 2 N–H and O–H groups in total. The fraction of sp³-hybridized carbons (Fsp3) is 0.353. The van der Waals surface area contributed by atoms with E-state index in [4.69, 9.17) is 9.47 Å². The molecule has 7 heteroatoms. The molecule has 1 fully saturated rings.